The summed E-state index contributed by atoms with van der Waals surface area (Å²) in [6, 6.07) is 20.0. The summed E-state index contributed by atoms with van der Waals surface area (Å²) in [6.07, 6.45) is 3.27. The number of carbonyl (C=O) groups excluding carboxylic acids is 2. The summed E-state index contributed by atoms with van der Waals surface area (Å²) in [6.45, 7) is 4.53. The SMILES string of the molecule is CCCC[C@H](c1ccc(C(=O)NCCC(=O)OCC)cc1)C(c1ccc(Cl)cc1)c1csc2c(Br)cc(Cl)cc12. The lowest BCUT2D eigenvalue weighted by molar-refractivity contribution is -0.142. The Labute approximate surface area is 258 Å². The number of fused-ring (bicyclic) bond motifs is 1. The van der Waals surface area contributed by atoms with Gasteiger partial charge in [-0.25, -0.2) is 0 Å². The first kappa shape index (κ1) is 30.6. The van der Waals surface area contributed by atoms with Crippen LogP contribution >= 0.6 is 50.5 Å². The summed E-state index contributed by atoms with van der Waals surface area (Å²) < 4.78 is 7.09. The van der Waals surface area contributed by atoms with Crippen LogP contribution < -0.4 is 5.32 Å². The Morgan fingerprint density at radius 2 is 1.68 bits per heavy atom. The van der Waals surface area contributed by atoms with Gasteiger partial charge in [-0.3, -0.25) is 9.59 Å². The summed E-state index contributed by atoms with van der Waals surface area (Å²) in [5.74, 6) is -0.303. The number of ether oxygens (including phenoxy) is 1. The van der Waals surface area contributed by atoms with E-state index >= 15 is 0 Å². The average Bonchev–Trinajstić information content (AvgIpc) is 3.35. The van der Waals surface area contributed by atoms with Crippen LogP contribution in [-0.2, 0) is 9.53 Å². The highest BCUT2D eigenvalue weighted by molar-refractivity contribution is 9.10. The van der Waals surface area contributed by atoms with Crippen LogP contribution in [0.15, 0.2) is 70.5 Å². The first-order valence-corrected chi connectivity index (χ1v) is 15.9. The first-order chi connectivity index (χ1) is 19.3. The smallest absolute Gasteiger partial charge is 0.307 e. The molecule has 0 radical (unpaired) electrons. The van der Waals surface area contributed by atoms with Gasteiger partial charge in [-0.15, -0.1) is 11.3 Å². The second kappa shape index (κ2) is 14.5. The largest absolute Gasteiger partial charge is 0.466 e. The lowest BCUT2D eigenvalue weighted by Crippen LogP contribution is -2.26. The van der Waals surface area contributed by atoms with Crippen LogP contribution in [0.5, 0.6) is 0 Å². The molecule has 4 rings (SSSR count). The summed E-state index contributed by atoms with van der Waals surface area (Å²) in [5.41, 5.74) is 4.13. The van der Waals surface area contributed by atoms with Crippen molar-refractivity contribution in [3.05, 3.63) is 103 Å². The molecule has 0 saturated heterocycles. The van der Waals surface area contributed by atoms with Gasteiger partial charge in [0.05, 0.1) is 13.0 Å². The van der Waals surface area contributed by atoms with Crippen molar-refractivity contribution < 1.29 is 14.3 Å². The Hall–Kier alpha value is -2.38. The van der Waals surface area contributed by atoms with Gasteiger partial charge in [0.15, 0.2) is 0 Å². The van der Waals surface area contributed by atoms with E-state index in [0.717, 1.165) is 34.7 Å². The van der Waals surface area contributed by atoms with Gasteiger partial charge in [0.2, 0.25) is 0 Å². The van der Waals surface area contributed by atoms with Crippen LogP contribution in [0.3, 0.4) is 0 Å². The van der Waals surface area contributed by atoms with Gasteiger partial charge >= 0.3 is 5.97 Å². The fourth-order valence-electron chi connectivity index (χ4n) is 5.06. The molecule has 1 N–H and O–H groups in total. The van der Waals surface area contributed by atoms with Gasteiger partial charge in [-0.1, -0.05) is 67.2 Å². The predicted octanol–water partition coefficient (Wildman–Crippen LogP) is 9.76. The molecule has 0 fully saturated rings. The summed E-state index contributed by atoms with van der Waals surface area (Å²) in [7, 11) is 0. The van der Waals surface area contributed by atoms with Gasteiger partial charge in [0.1, 0.15) is 0 Å². The highest BCUT2D eigenvalue weighted by atomic mass is 79.9. The van der Waals surface area contributed by atoms with Gasteiger partial charge in [-0.2, -0.15) is 0 Å². The predicted molar refractivity (Wildman–Crippen MR) is 170 cm³/mol. The average molecular weight is 661 g/mol. The van der Waals surface area contributed by atoms with Crippen molar-refractivity contribution in [1.29, 1.82) is 0 Å². The maximum Gasteiger partial charge on any atom is 0.307 e. The van der Waals surface area contributed by atoms with E-state index in [1.807, 2.05) is 30.3 Å². The molecule has 8 heteroatoms. The molecule has 210 valence electrons. The van der Waals surface area contributed by atoms with E-state index in [-0.39, 0.29) is 36.7 Å². The number of rotatable bonds is 12. The number of halogens is 3. The normalized spacial score (nSPS) is 12.7. The molecule has 2 atom stereocenters. The fourth-order valence-corrected chi connectivity index (χ4v) is 7.28. The van der Waals surface area contributed by atoms with E-state index in [4.69, 9.17) is 27.9 Å². The minimum atomic E-state index is -0.320. The van der Waals surface area contributed by atoms with Crippen LogP contribution in [0.25, 0.3) is 10.1 Å². The molecule has 0 aliphatic heterocycles. The molecular formula is C32H32BrCl2NO3S. The van der Waals surface area contributed by atoms with Gasteiger partial charge in [-0.05, 0) is 99.0 Å². The third kappa shape index (κ3) is 7.47. The van der Waals surface area contributed by atoms with E-state index in [1.54, 1.807) is 18.3 Å². The Morgan fingerprint density at radius 3 is 2.35 bits per heavy atom. The highest BCUT2D eigenvalue weighted by Crippen LogP contribution is 2.47. The number of amides is 1. The van der Waals surface area contributed by atoms with E-state index < -0.39 is 0 Å². The topological polar surface area (TPSA) is 55.4 Å². The molecule has 1 amide bonds. The zero-order chi connectivity index (χ0) is 28.6. The highest BCUT2D eigenvalue weighted by Gasteiger charge is 2.29. The van der Waals surface area contributed by atoms with E-state index in [2.05, 4.69) is 63.9 Å². The van der Waals surface area contributed by atoms with Gasteiger partial charge in [0.25, 0.3) is 5.91 Å². The second-order valence-corrected chi connectivity index (χ2v) is 12.3. The zero-order valence-corrected chi connectivity index (χ0v) is 26.4. The number of nitrogens with one attached hydrogen (secondary N) is 1. The minimum absolute atomic E-state index is 0.0622. The van der Waals surface area contributed by atoms with Crippen LogP contribution in [-0.4, -0.2) is 25.0 Å². The standard InChI is InChI=1S/C32H32BrCl2NO3S/c1-3-5-6-25(20-7-9-22(10-8-20)32(38)36-16-15-29(37)39-4-2)30(21-11-13-23(34)14-12-21)27-19-40-31-26(27)17-24(35)18-28(31)33/h7-14,17-19,25,30H,3-6,15-16H2,1-2H3,(H,36,38)/t25-,30?/m1/s1. The maximum atomic E-state index is 12.7. The summed E-state index contributed by atoms with van der Waals surface area (Å²) in [5, 5.41) is 7.59. The minimum Gasteiger partial charge on any atom is -0.466 e. The monoisotopic (exact) mass is 659 g/mol. The number of benzene rings is 3. The molecule has 0 bridgehead atoms. The van der Waals surface area contributed by atoms with Crippen molar-refractivity contribution in [2.45, 2.75) is 51.4 Å². The zero-order valence-electron chi connectivity index (χ0n) is 22.5. The number of esters is 1. The van der Waals surface area contributed by atoms with E-state index in [1.165, 1.54) is 15.8 Å². The molecule has 1 unspecified atom stereocenters. The first-order valence-electron chi connectivity index (χ1n) is 13.5. The molecule has 1 aromatic heterocycles. The van der Waals surface area contributed by atoms with Crippen molar-refractivity contribution in [3.63, 3.8) is 0 Å². The maximum absolute atomic E-state index is 12.7. The number of hydrogen-bond acceptors (Lipinski definition) is 4. The van der Waals surface area contributed by atoms with Crippen molar-refractivity contribution in [2.24, 2.45) is 0 Å². The second-order valence-electron chi connectivity index (χ2n) is 9.67. The quantitative estimate of drug-likeness (QED) is 0.154. The van der Waals surface area contributed by atoms with Crippen LogP contribution in [0.2, 0.25) is 10.0 Å². The molecule has 3 aromatic carbocycles. The summed E-state index contributed by atoms with van der Waals surface area (Å²) in [4.78, 5) is 24.3. The van der Waals surface area contributed by atoms with Crippen molar-refractivity contribution in [1.82, 2.24) is 5.32 Å². The number of hydrogen-bond donors (Lipinski definition) is 1. The van der Waals surface area contributed by atoms with Crippen LogP contribution in [0.1, 0.15) is 78.4 Å². The van der Waals surface area contributed by atoms with Crippen molar-refractivity contribution in [3.8, 4) is 0 Å². The molecule has 4 aromatic rings. The van der Waals surface area contributed by atoms with Crippen molar-refractivity contribution in [2.75, 3.05) is 13.2 Å². The third-order valence-electron chi connectivity index (χ3n) is 6.98. The number of unbranched alkanes of at least 4 members (excludes halogenated alkanes) is 1. The van der Waals surface area contributed by atoms with Crippen LogP contribution in [0, 0.1) is 0 Å². The molecule has 4 nitrogen and oxygen atoms in total. The molecule has 0 spiro atoms. The van der Waals surface area contributed by atoms with Crippen molar-refractivity contribution >= 4 is 72.4 Å². The number of carbonyl (C=O) groups is 2. The van der Waals surface area contributed by atoms with Crippen LogP contribution in [0.4, 0.5) is 0 Å². The lowest BCUT2D eigenvalue weighted by atomic mass is 9.74. The molecule has 0 aliphatic carbocycles. The Morgan fingerprint density at radius 1 is 0.975 bits per heavy atom. The molecule has 0 saturated carbocycles. The van der Waals surface area contributed by atoms with Gasteiger partial charge < -0.3 is 10.1 Å². The Bertz CT molecular complexity index is 1450. The molecule has 0 aliphatic rings. The molecule has 40 heavy (non-hydrogen) atoms. The fraction of sp³-hybridized carbons (Fsp3) is 0.312. The summed E-state index contributed by atoms with van der Waals surface area (Å²) >= 11 is 18.2. The Balaban J connectivity index is 1.70. The third-order valence-corrected chi connectivity index (χ3v) is 9.38. The van der Waals surface area contributed by atoms with E-state index in [0.29, 0.717) is 22.2 Å². The van der Waals surface area contributed by atoms with Gasteiger partial charge in [0, 0.05) is 37.2 Å². The molecular weight excluding hydrogens is 629 g/mol. The lowest BCUT2D eigenvalue weighted by Gasteiger charge is -2.29. The Kier molecular flexibility index (Phi) is 11.1. The van der Waals surface area contributed by atoms with E-state index in [9.17, 15) is 9.59 Å². The number of thiophene rings is 1. The molecule has 1 heterocycles.